The molecule has 1 rings (SSSR count). The highest BCUT2D eigenvalue weighted by Gasteiger charge is 2.16. The number of ether oxygens (including phenoxy) is 1. The molecular formula is C11H13BrClNO3. The number of rotatable bonds is 5. The van der Waals surface area contributed by atoms with Gasteiger partial charge in [0.05, 0.1) is 18.2 Å². The van der Waals surface area contributed by atoms with Crippen molar-refractivity contribution in [3.8, 4) is 5.75 Å². The van der Waals surface area contributed by atoms with Crippen LogP contribution in [-0.4, -0.2) is 36.7 Å². The molecule has 17 heavy (non-hydrogen) atoms. The molecule has 0 aromatic heterocycles. The first kappa shape index (κ1) is 14.3. The summed E-state index contributed by atoms with van der Waals surface area (Å²) >= 11 is 8.92. The number of carbonyl (C=O) groups is 1. The molecule has 1 atom stereocenters. The summed E-state index contributed by atoms with van der Waals surface area (Å²) in [6.07, 6.45) is 0. The van der Waals surface area contributed by atoms with E-state index in [9.17, 15) is 9.90 Å². The van der Waals surface area contributed by atoms with Crippen LogP contribution in [0.4, 0.5) is 0 Å². The molecule has 0 aliphatic carbocycles. The summed E-state index contributed by atoms with van der Waals surface area (Å²) in [6, 6.07) is 4.36. The zero-order valence-electron chi connectivity index (χ0n) is 9.24. The minimum atomic E-state index is -0.383. The molecule has 0 radical (unpaired) electrons. The Kier molecular flexibility index (Phi) is 5.74. The maximum absolute atomic E-state index is 11.9. The summed E-state index contributed by atoms with van der Waals surface area (Å²) in [6.45, 7) is 0.323. The zero-order valence-corrected chi connectivity index (χ0v) is 11.6. The van der Waals surface area contributed by atoms with E-state index in [0.29, 0.717) is 6.61 Å². The van der Waals surface area contributed by atoms with Crippen molar-refractivity contribution in [1.82, 2.24) is 5.32 Å². The molecule has 0 fully saturated rings. The van der Waals surface area contributed by atoms with Gasteiger partial charge in [0.15, 0.2) is 0 Å². The lowest BCUT2D eigenvalue weighted by molar-refractivity contribution is 0.0904. The molecule has 94 valence electrons. The molecule has 0 aliphatic heterocycles. The van der Waals surface area contributed by atoms with Gasteiger partial charge in [0.1, 0.15) is 5.75 Å². The highest BCUT2D eigenvalue weighted by molar-refractivity contribution is 9.10. The van der Waals surface area contributed by atoms with E-state index in [-0.39, 0.29) is 29.1 Å². The average Bonchev–Trinajstić information content (AvgIpc) is 2.31. The Morgan fingerprint density at radius 3 is 2.94 bits per heavy atom. The lowest BCUT2D eigenvalue weighted by Crippen LogP contribution is -2.39. The predicted octanol–water partition coefficient (Wildman–Crippen LogP) is 2.14. The summed E-state index contributed by atoms with van der Waals surface area (Å²) in [7, 11) is 1.53. The van der Waals surface area contributed by atoms with Crippen molar-refractivity contribution < 1.29 is 14.6 Å². The second-order valence-electron chi connectivity index (χ2n) is 3.44. The number of aromatic hydroxyl groups is 1. The van der Waals surface area contributed by atoms with Gasteiger partial charge in [-0.3, -0.25) is 4.79 Å². The third-order valence-corrected chi connectivity index (χ3v) is 2.96. The lowest BCUT2D eigenvalue weighted by atomic mass is 10.2. The molecule has 6 heteroatoms. The molecule has 1 aromatic rings. The Morgan fingerprint density at radius 2 is 2.35 bits per heavy atom. The quantitative estimate of drug-likeness (QED) is 0.817. The summed E-state index contributed by atoms with van der Waals surface area (Å²) in [5, 5.41) is 12.3. The van der Waals surface area contributed by atoms with E-state index in [1.54, 1.807) is 12.1 Å². The van der Waals surface area contributed by atoms with Crippen LogP contribution in [0, 0.1) is 0 Å². The monoisotopic (exact) mass is 321 g/mol. The van der Waals surface area contributed by atoms with Crippen molar-refractivity contribution in [3.63, 3.8) is 0 Å². The number of alkyl halides is 1. The normalized spacial score (nSPS) is 12.2. The molecule has 4 nitrogen and oxygen atoms in total. The number of hydrogen-bond acceptors (Lipinski definition) is 3. The first-order chi connectivity index (χ1) is 8.08. The molecule has 2 N–H and O–H groups in total. The fourth-order valence-electron chi connectivity index (χ4n) is 1.28. The van der Waals surface area contributed by atoms with E-state index in [0.717, 1.165) is 4.47 Å². The van der Waals surface area contributed by atoms with E-state index in [2.05, 4.69) is 21.2 Å². The number of phenolic OH excluding ortho intramolecular Hbond substituents is 1. The van der Waals surface area contributed by atoms with Crippen LogP contribution in [-0.2, 0) is 4.74 Å². The highest BCUT2D eigenvalue weighted by Crippen LogP contribution is 2.21. The van der Waals surface area contributed by atoms with Crippen LogP contribution in [0.5, 0.6) is 5.75 Å². The lowest BCUT2D eigenvalue weighted by Gasteiger charge is -2.15. The topological polar surface area (TPSA) is 58.6 Å². The van der Waals surface area contributed by atoms with Crippen LogP contribution < -0.4 is 5.32 Å². The standard InChI is InChI=1S/C11H13BrClNO3/c1-17-6-8(5-13)14-11(16)9-4-7(12)2-3-10(9)15/h2-4,8,15H,5-6H2,1H3,(H,14,16). The molecule has 1 aromatic carbocycles. The van der Waals surface area contributed by atoms with Gasteiger partial charge in [0.2, 0.25) is 0 Å². The molecule has 1 amide bonds. The first-order valence-corrected chi connectivity index (χ1v) is 6.25. The SMILES string of the molecule is COCC(CCl)NC(=O)c1cc(Br)ccc1O. The van der Waals surface area contributed by atoms with Gasteiger partial charge in [-0.25, -0.2) is 0 Å². The minimum absolute atomic E-state index is 0.0727. The maximum atomic E-state index is 11.9. The summed E-state index contributed by atoms with van der Waals surface area (Å²) < 4.78 is 5.63. The zero-order chi connectivity index (χ0) is 12.8. The van der Waals surface area contributed by atoms with Gasteiger partial charge < -0.3 is 15.2 Å². The highest BCUT2D eigenvalue weighted by atomic mass is 79.9. The number of amides is 1. The number of hydrogen-bond donors (Lipinski definition) is 2. The van der Waals surface area contributed by atoms with Gasteiger partial charge in [-0.2, -0.15) is 0 Å². The van der Waals surface area contributed by atoms with Crippen molar-refractivity contribution in [2.45, 2.75) is 6.04 Å². The smallest absolute Gasteiger partial charge is 0.255 e. The van der Waals surface area contributed by atoms with E-state index in [4.69, 9.17) is 16.3 Å². The van der Waals surface area contributed by atoms with Gasteiger partial charge in [-0.05, 0) is 18.2 Å². The van der Waals surface area contributed by atoms with Crippen molar-refractivity contribution in [2.75, 3.05) is 19.6 Å². The van der Waals surface area contributed by atoms with Crippen LogP contribution in [0.2, 0.25) is 0 Å². The molecular weight excluding hydrogens is 309 g/mol. The molecule has 0 bridgehead atoms. The van der Waals surface area contributed by atoms with E-state index in [1.807, 2.05) is 0 Å². The number of halogens is 2. The van der Waals surface area contributed by atoms with Crippen molar-refractivity contribution in [1.29, 1.82) is 0 Å². The molecule has 0 spiro atoms. The fraction of sp³-hybridized carbons (Fsp3) is 0.364. The maximum Gasteiger partial charge on any atom is 0.255 e. The minimum Gasteiger partial charge on any atom is -0.507 e. The van der Waals surface area contributed by atoms with E-state index in [1.165, 1.54) is 13.2 Å². The average molecular weight is 323 g/mol. The van der Waals surface area contributed by atoms with E-state index >= 15 is 0 Å². The fourth-order valence-corrected chi connectivity index (χ4v) is 1.81. The number of benzene rings is 1. The van der Waals surface area contributed by atoms with Crippen LogP contribution in [0.3, 0.4) is 0 Å². The van der Waals surface area contributed by atoms with Crippen LogP contribution in [0.15, 0.2) is 22.7 Å². The Morgan fingerprint density at radius 1 is 1.65 bits per heavy atom. The molecule has 0 saturated carbocycles. The summed E-state index contributed by atoms with van der Waals surface area (Å²) in [5.41, 5.74) is 0.200. The van der Waals surface area contributed by atoms with Gasteiger partial charge in [-0.1, -0.05) is 15.9 Å². The number of nitrogens with one attached hydrogen (secondary N) is 1. The molecule has 1 unspecified atom stereocenters. The predicted molar refractivity (Wildman–Crippen MR) is 69.7 cm³/mol. The van der Waals surface area contributed by atoms with Gasteiger partial charge in [0.25, 0.3) is 5.91 Å². The summed E-state index contributed by atoms with van der Waals surface area (Å²) in [4.78, 5) is 11.9. The third kappa shape index (κ3) is 4.18. The van der Waals surface area contributed by atoms with Crippen molar-refractivity contribution in [3.05, 3.63) is 28.2 Å². The van der Waals surface area contributed by atoms with Crippen molar-refractivity contribution >= 4 is 33.4 Å². The molecule has 0 aliphatic rings. The van der Waals surface area contributed by atoms with Gasteiger partial charge >= 0.3 is 0 Å². The number of methoxy groups -OCH3 is 1. The summed E-state index contributed by atoms with van der Waals surface area (Å²) in [5.74, 6) is -0.211. The Bertz CT molecular complexity index is 400. The largest absolute Gasteiger partial charge is 0.507 e. The van der Waals surface area contributed by atoms with Gasteiger partial charge in [-0.15, -0.1) is 11.6 Å². The van der Waals surface area contributed by atoms with Gasteiger partial charge in [0, 0.05) is 17.5 Å². The van der Waals surface area contributed by atoms with Crippen LogP contribution >= 0.6 is 27.5 Å². The van der Waals surface area contributed by atoms with Crippen molar-refractivity contribution in [2.24, 2.45) is 0 Å². The van der Waals surface area contributed by atoms with Crippen LogP contribution in [0.25, 0.3) is 0 Å². The van der Waals surface area contributed by atoms with Crippen LogP contribution in [0.1, 0.15) is 10.4 Å². The third-order valence-electron chi connectivity index (χ3n) is 2.09. The second kappa shape index (κ2) is 6.83. The Balaban J connectivity index is 2.78. The molecule has 0 heterocycles. The number of phenols is 1. The second-order valence-corrected chi connectivity index (χ2v) is 4.67. The van der Waals surface area contributed by atoms with E-state index < -0.39 is 0 Å². The Hall–Kier alpha value is -0.780. The molecule has 0 saturated heterocycles. The Labute approximate surface area is 113 Å². The first-order valence-electron chi connectivity index (χ1n) is 4.92. The number of carbonyl (C=O) groups excluding carboxylic acids is 1.